The van der Waals surface area contributed by atoms with Crippen LogP contribution in [0.25, 0.3) is 22.2 Å². The molecule has 1 atom stereocenters. The summed E-state index contributed by atoms with van der Waals surface area (Å²) in [6.07, 6.45) is 2.26. The standard InChI is InChI=1S/C29H32FN3O5/c1-5-29(37)21-10-22-24-23(13-33(22)27(35)20(21)14-38-28(29)36)31(4)25-16(8-17(30)9-19(25)26(24)34)12-32(11-15(2)3)18-6-7-18/h8-10,15,18,37H,5-7,11-14H2,1-4H3/t29-/m0/s1. The van der Waals surface area contributed by atoms with Crippen LogP contribution in [0.3, 0.4) is 0 Å². The van der Waals surface area contributed by atoms with Gasteiger partial charge in [-0.05, 0) is 48.9 Å². The third kappa shape index (κ3) is 3.59. The van der Waals surface area contributed by atoms with E-state index < -0.39 is 22.9 Å². The SMILES string of the molecule is CC[C@@]1(O)C(=O)OCc2c1cc1n(c2=O)Cc2c-1c(=O)c1cc(F)cc(CN(CC(C)C)C3CC3)c1n2C. The van der Waals surface area contributed by atoms with E-state index >= 15 is 0 Å². The lowest BCUT2D eigenvalue weighted by Crippen LogP contribution is -2.44. The number of aromatic nitrogens is 2. The minimum Gasteiger partial charge on any atom is -0.458 e. The van der Waals surface area contributed by atoms with Crippen LogP contribution < -0.4 is 11.0 Å². The number of esters is 1. The molecule has 3 aliphatic rings. The summed E-state index contributed by atoms with van der Waals surface area (Å²) in [6.45, 7) is 7.31. The Morgan fingerprint density at radius 1 is 1.21 bits per heavy atom. The molecule has 9 heteroatoms. The maximum atomic E-state index is 15.0. The second-order valence-electron chi connectivity index (χ2n) is 11.3. The topological polar surface area (TPSA) is 93.8 Å². The number of aryl methyl sites for hydroxylation is 1. The number of hydrogen-bond acceptors (Lipinski definition) is 6. The number of carbonyl (C=O) groups excluding carboxylic acids is 1. The zero-order valence-electron chi connectivity index (χ0n) is 22.1. The van der Waals surface area contributed by atoms with E-state index in [0.29, 0.717) is 41.0 Å². The van der Waals surface area contributed by atoms with Gasteiger partial charge in [0.1, 0.15) is 12.4 Å². The Labute approximate surface area is 219 Å². The Bertz CT molecular complexity index is 1630. The summed E-state index contributed by atoms with van der Waals surface area (Å²) in [4.78, 5) is 42.3. The van der Waals surface area contributed by atoms with Crippen LogP contribution in [0, 0.1) is 11.7 Å². The van der Waals surface area contributed by atoms with E-state index in [1.807, 2.05) is 11.6 Å². The first-order valence-electron chi connectivity index (χ1n) is 13.3. The number of pyridine rings is 2. The molecule has 8 nitrogen and oxygen atoms in total. The number of halogens is 1. The molecule has 1 aromatic carbocycles. The highest BCUT2D eigenvalue weighted by Crippen LogP contribution is 2.39. The fourth-order valence-corrected chi connectivity index (χ4v) is 6.25. The number of benzene rings is 1. The highest BCUT2D eigenvalue weighted by atomic mass is 19.1. The minimum absolute atomic E-state index is 0.0206. The van der Waals surface area contributed by atoms with Gasteiger partial charge in [0.15, 0.2) is 11.0 Å². The van der Waals surface area contributed by atoms with Crippen molar-refractivity contribution in [3.63, 3.8) is 0 Å². The van der Waals surface area contributed by atoms with E-state index in [-0.39, 0.29) is 41.5 Å². The lowest BCUT2D eigenvalue weighted by atomic mass is 9.85. The largest absolute Gasteiger partial charge is 0.458 e. The summed E-state index contributed by atoms with van der Waals surface area (Å²) in [5, 5.41) is 11.4. The monoisotopic (exact) mass is 521 g/mol. The van der Waals surface area contributed by atoms with E-state index in [1.165, 1.54) is 16.7 Å². The van der Waals surface area contributed by atoms with E-state index in [1.54, 1.807) is 13.0 Å². The molecular weight excluding hydrogens is 489 g/mol. The molecule has 2 aromatic heterocycles. The fourth-order valence-electron chi connectivity index (χ4n) is 6.25. The average molecular weight is 522 g/mol. The molecule has 0 amide bonds. The van der Waals surface area contributed by atoms with Crippen LogP contribution in [0.2, 0.25) is 0 Å². The number of hydrogen-bond donors (Lipinski definition) is 1. The lowest BCUT2D eigenvalue weighted by molar-refractivity contribution is -0.172. The van der Waals surface area contributed by atoms with Crippen LogP contribution in [-0.2, 0) is 41.9 Å². The normalized spacial score (nSPS) is 20.2. The van der Waals surface area contributed by atoms with Crippen molar-refractivity contribution in [2.45, 2.75) is 71.4 Å². The predicted molar refractivity (Wildman–Crippen MR) is 140 cm³/mol. The molecule has 0 spiro atoms. The van der Waals surface area contributed by atoms with Gasteiger partial charge in [0, 0.05) is 37.1 Å². The lowest BCUT2D eigenvalue weighted by Gasteiger charge is -2.31. The van der Waals surface area contributed by atoms with Gasteiger partial charge < -0.3 is 19.0 Å². The summed E-state index contributed by atoms with van der Waals surface area (Å²) in [5.74, 6) is -0.836. The van der Waals surface area contributed by atoms with Gasteiger partial charge in [-0.25, -0.2) is 9.18 Å². The smallest absolute Gasteiger partial charge is 0.343 e. The Hall–Kier alpha value is -3.30. The first-order chi connectivity index (χ1) is 18.0. The Morgan fingerprint density at radius 2 is 1.95 bits per heavy atom. The molecule has 6 rings (SSSR count). The third-order valence-corrected chi connectivity index (χ3v) is 8.30. The van der Waals surface area contributed by atoms with Crippen molar-refractivity contribution >= 4 is 16.9 Å². The summed E-state index contributed by atoms with van der Waals surface area (Å²) >= 11 is 0. The summed E-state index contributed by atoms with van der Waals surface area (Å²) in [7, 11) is 1.85. The summed E-state index contributed by atoms with van der Waals surface area (Å²) < 4.78 is 23.5. The maximum Gasteiger partial charge on any atom is 0.343 e. The van der Waals surface area contributed by atoms with Crippen molar-refractivity contribution in [3.8, 4) is 11.3 Å². The zero-order chi connectivity index (χ0) is 27.1. The number of aliphatic hydroxyl groups is 1. The molecule has 2 aliphatic heterocycles. The van der Waals surface area contributed by atoms with Gasteiger partial charge >= 0.3 is 5.97 Å². The van der Waals surface area contributed by atoms with E-state index in [0.717, 1.165) is 24.9 Å². The van der Waals surface area contributed by atoms with Crippen molar-refractivity contribution < 1.29 is 19.0 Å². The number of cyclic esters (lactones) is 1. The number of carbonyl (C=O) groups is 1. The molecule has 1 N–H and O–H groups in total. The Morgan fingerprint density at radius 3 is 2.61 bits per heavy atom. The third-order valence-electron chi connectivity index (χ3n) is 8.30. The van der Waals surface area contributed by atoms with Crippen LogP contribution in [0.15, 0.2) is 27.8 Å². The van der Waals surface area contributed by atoms with Gasteiger partial charge in [-0.3, -0.25) is 14.5 Å². The molecule has 200 valence electrons. The fraction of sp³-hybridized carbons (Fsp3) is 0.483. The molecular formula is C29H32FN3O5. The van der Waals surface area contributed by atoms with Crippen LogP contribution in [0.1, 0.15) is 62.4 Å². The second-order valence-corrected chi connectivity index (χ2v) is 11.3. The number of nitrogens with zero attached hydrogens (tertiary/aromatic N) is 3. The van der Waals surface area contributed by atoms with E-state index in [4.69, 9.17) is 4.74 Å². The zero-order valence-corrected chi connectivity index (χ0v) is 22.1. The quantitative estimate of drug-likeness (QED) is 0.392. The number of fused-ring (bicyclic) bond motifs is 5. The van der Waals surface area contributed by atoms with Gasteiger partial charge in [0.05, 0.1) is 34.6 Å². The van der Waals surface area contributed by atoms with Gasteiger partial charge in [0.25, 0.3) is 5.56 Å². The van der Waals surface area contributed by atoms with Gasteiger partial charge in [0.2, 0.25) is 0 Å². The van der Waals surface area contributed by atoms with Gasteiger partial charge in [-0.15, -0.1) is 0 Å². The Balaban J connectivity index is 1.57. The first-order valence-corrected chi connectivity index (χ1v) is 13.3. The average Bonchev–Trinajstić information content (AvgIpc) is 3.64. The van der Waals surface area contributed by atoms with Crippen LogP contribution in [0.5, 0.6) is 0 Å². The van der Waals surface area contributed by atoms with Gasteiger partial charge in [-0.1, -0.05) is 20.8 Å². The first kappa shape index (κ1) is 25.0. The van der Waals surface area contributed by atoms with Crippen molar-refractivity contribution in [2.75, 3.05) is 6.54 Å². The van der Waals surface area contributed by atoms with Crippen LogP contribution in [0.4, 0.5) is 4.39 Å². The molecule has 1 fully saturated rings. The molecule has 1 saturated carbocycles. The summed E-state index contributed by atoms with van der Waals surface area (Å²) in [5.41, 5.74) is 0.351. The molecule has 38 heavy (non-hydrogen) atoms. The molecule has 4 heterocycles. The molecule has 3 aromatic rings. The Kier molecular flexibility index (Phi) is 5.66. The molecule has 0 radical (unpaired) electrons. The molecule has 1 aliphatic carbocycles. The molecule has 0 saturated heterocycles. The molecule has 0 unspecified atom stereocenters. The van der Waals surface area contributed by atoms with Crippen molar-refractivity contribution in [1.82, 2.24) is 14.0 Å². The number of ether oxygens (including phenoxy) is 1. The van der Waals surface area contributed by atoms with E-state index in [2.05, 4.69) is 18.7 Å². The van der Waals surface area contributed by atoms with Crippen molar-refractivity contribution in [1.29, 1.82) is 0 Å². The van der Waals surface area contributed by atoms with Gasteiger partial charge in [-0.2, -0.15) is 0 Å². The summed E-state index contributed by atoms with van der Waals surface area (Å²) in [6, 6.07) is 4.82. The highest BCUT2D eigenvalue weighted by Gasteiger charge is 2.45. The minimum atomic E-state index is -1.96. The molecule has 0 bridgehead atoms. The maximum absolute atomic E-state index is 15.0. The van der Waals surface area contributed by atoms with Crippen molar-refractivity contribution in [2.24, 2.45) is 13.0 Å². The van der Waals surface area contributed by atoms with Crippen LogP contribution in [-0.4, -0.2) is 37.7 Å². The highest BCUT2D eigenvalue weighted by molar-refractivity contribution is 5.89. The van der Waals surface area contributed by atoms with E-state index in [9.17, 15) is 23.9 Å². The predicted octanol–water partition coefficient (Wildman–Crippen LogP) is 3.14. The second kappa shape index (κ2) is 8.61. The number of rotatable bonds is 6. The van der Waals surface area contributed by atoms with Crippen LogP contribution >= 0.6 is 0 Å². The van der Waals surface area contributed by atoms with Crippen molar-refractivity contribution in [3.05, 3.63) is 67.0 Å².